The lowest BCUT2D eigenvalue weighted by Crippen LogP contribution is -2.22. The second-order valence-electron chi connectivity index (χ2n) is 4.57. The van der Waals surface area contributed by atoms with Crippen molar-refractivity contribution in [2.45, 2.75) is 19.4 Å². The number of ketones is 1. The molecule has 1 heterocycles. The maximum Gasteiger partial charge on any atom is 0.267 e. The average Bonchev–Trinajstić information content (AvgIpc) is 2.76. The largest absolute Gasteiger partial charge is 0.294 e. The van der Waals surface area contributed by atoms with Crippen LogP contribution in [0.3, 0.4) is 0 Å². The molecule has 1 aromatic carbocycles. The van der Waals surface area contributed by atoms with E-state index in [0.29, 0.717) is 17.6 Å². The van der Waals surface area contributed by atoms with Gasteiger partial charge in [-0.25, -0.2) is 4.68 Å². The summed E-state index contributed by atoms with van der Waals surface area (Å²) in [5.41, 5.74) is 2.65. The molecule has 5 heteroatoms. The lowest BCUT2D eigenvalue weighted by molar-refractivity contribution is 0.0994. The molecule has 0 atom stereocenters. The van der Waals surface area contributed by atoms with E-state index in [1.807, 2.05) is 18.2 Å². The van der Waals surface area contributed by atoms with Crippen LogP contribution >= 0.6 is 15.9 Å². The summed E-state index contributed by atoms with van der Waals surface area (Å²) in [6.45, 7) is 0.374. The van der Waals surface area contributed by atoms with E-state index >= 15 is 0 Å². The summed E-state index contributed by atoms with van der Waals surface area (Å²) in [5, 5.41) is 4.12. The zero-order valence-corrected chi connectivity index (χ0v) is 11.7. The Labute approximate surface area is 118 Å². The highest BCUT2D eigenvalue weighted by molar-refractivity contribution is 9.10. The van der Waals surface area contributed by atoms with Crippen LogP contribution < -0.4 is 5.56 Å². The maximum atomic E-state index is 11.7. The van der Waals surface area contributed by atoms with E-state index in [1.54, 1.807) is 6.07 Å². The molecule has 96 valence electrons. The summed E-state index contributed by atoms with van der Waals surface area (Å²) in [6.07, 6.45) is 1.41. The molecule has 0 amide bonds. The number of hydrogen-bond donors (Lipinski definition) is 0. The summed E-state index contributed by atoms with van der Waals surface area (Å²) in [7, 11) is 0. The number of Topliss-reactive ketones (excluding diaryl/α,β-unsaturated/α-hetero) is 1. The van der Waals surface area contributed by atoms with E-state index in [0.717, 1.165) is 23.1 Å². The van der Waals surface area contributed by atoms with Gasteiger partial charge in [0, 0.05) is 18.1 Å². The fraction of sp³-hybridized carbons (Fsp3) is 0.214. The number of benzene rings is 1. The third-order valence-electron chi connectivity index (χ3n) is 3.26. The zero-order valence-electron chi connectivity index (χ0n) is 10.1. The van der Waals surface area contributed by atoms with Crippen molar-refractivity contribution in [2.24, 2.45) is 0 Å². The molecule has 0 radical (unpaired) electrons. The van der Waals surface area contributed by atoms with Gasteiger partial charge in [-0.1, -0.05) is 12.1 Å². The highest BCUT2D eigenvalue weighted by Gasteiger charge is 2.19. The minimum Gasteiger partial charge on any atom is -0.294 e. The first kappa shape index (κ1) is 12.3. The molecule has 0 saturated carbocycles. The molecule has 3 rings (SSSR count). The number of carbonyl (C=O) groups is 1. The fourth-order valence-electron chi connectivity index (χ4n) is 2.29. The quantitative estimate of drug-likeness (QED) is 0.852. The third-order valence-corrected chi connectivity index (χ3v) is 3.69. The number of fused-ring (bicyclic) bond motifs is 1. The van der Waals surface area contributed by atoms with E-state index in [2.05, 4.69) is 21.0 Å². The predicted octanol–water partition coefficient (Wildman–Crippen LogP) is 2.18. The van der Waals surface area contributed by atoms with Crippen LogP contribution in [-0.4, -0.2) is 15.6 Å². The molecule has 0 spiro atoms. The minimum absolute atomic E-state index is 0.157. The van der Waals surface area contributed by atoms with Crippen molar-refractivity contribution in [3.8, 4) is 0 Å². The van der Waals surface area contributed by atoms with Gasteiger partial charge in [0.05, 0.1) is 6.54 Å². The summed E-state index contributed by atoms with van der Waals surface area (Å²) in [4.78, 5) is 23.4. The summed E-state index contributed by atoms with van der Waals surface area (Å²) in [5.74, 6) is 0.186. The van der Waals surface area contributed by atoms with Crippen molar-refractivity contribution in [2.75, 3.05) is 0 Å². The predicted molar refractivity (Wildman–Crippen MR) is 74.4 cm³/mol. The Morgan fingerprint density at radius 1 is 1.16 bits per heavy atom. The molecule has 0 bridgehead atoms. The van der Waals surface area contributed by atoms with Gasteiger partial charge in [0.1, 0.15) is 4.60 Å². The monoisotopic (exact) mass is 318 g/mol. The van der Waals surface area contributed by atoms with E-state index in [1.165, 1.54) is 10.7 Å². The summed E-state index contributed by atoms with van der Waals surface area (Å²) < 4.78 is 2.00. The number of halogens is 1. The van der Waals surface area contributed by atoms with Crippen LogP contribution in [0.15, 0.2) is 39.7 Å². The molecule has 0 fully saturated rings. The van der Waals surface area contributed by atoms with Crippen molar-refractivity contribution in [3.63, 3.8) is 0 Å². The van der Waals surface area contributed by atoms with Gasteiger partial charge in [-0.3, -0.25) is 9.59 Å². The minimum atomic E-state index is -0.157. The van der Waals surface area contributed by atoms with Crippen molar-refractivity contribution in [1.29, 1.82) is 0 Å². The van der Waals surface area contributed by atoms with Gasteiger partial charge in [0.15, 0.2) is 5.78 Å². The Balaban J connectivity index is 1.96. The first-order valence-corrected chi connectivity index (χ1v) is 6.81. The van der Waals surface area contributed by atoms with Crippen LogP contribution in [0.2, 0.25) is 0 Å². The molecule has 0 unspecified atom stereocenters. The van der Waals surface area contributed by atoms with E-state index in [-0.39, 0.29) is 11.3 Å². The maximum absolute atomic E-state index is 11.7. The summed E-state index contributed by atoms with van der Waals surface area (Å²) >= 11 is 3.24. The van der Waals surface area contributed by atoms with Crippen LogP contribution in [0.1, 0.15) is 27.9 Å². The summed E-state index contributed by atoms with van der Waals surface area (Å²) in [6, 6.07) is 8.88. The Kier molecular flexibility index (Phi) is 3.06. The van der Waals surface area contributed by atoms with Gasteiger partial charge in [-0.2, -0.15) is 5.10 Å². The number of rotatable bonds is 2. The van der Waals surface area contributed by atoms with Crippen molar-refractivity contribution >= 4 is 21.7 Å². The van der Waals surface area contributed by atoms with Crippen LogP contribution in [0.25, 0.3) is 0 Å². The van der Waals surface area contributed by atoms with Crippen LogP contribution in [0.5, 0.6) is 0 Å². The molecule has 4 nitrogen and oxygen atoms in total. The number of carbonyl (C=O) groups excluding carboxylic acids is 1. The Bertz CT molecular complexity index is 722. The topological polar surface area (TPSA) is 52.0 Å². The first-order chi connectivity index (χ1) is 9.13. The first-order valence-electron chi connectivity index (χ1n) is 6.02. The highest BCUT2D eigenvalue weighted by Crippen LogP contribution is 2.23. The Hall–Kier alpha value is -1.75. The highest BCUT2D eigenvalue weighted by atomic mass is 79.9. The smallest absolute Gasteiger partial charge is 0.267 e. The second kappa shape index (κ2) is 4.74. The number of aromatic nitrogens is 2. The van der Waals surface area contributed by atoms with Gasteiger partial charge in [0.2, 0.25) is 0 Å². The SMILES string of the molecule is O=C1CCc2ccc(Cn3nc(Br)ccc3=O)cc21. The standard InChI is InChI=1S/C14H11BrN2O2/c15-13-5-6-14(19)17(16-13)8-9-1-2-10-3-4-12(18)11(10)7-9/h1-2,5-7H,3-4,8H2. The van der Waals surface area contributed by atoms with Gasteiger partial charge < -0.3 is 0 Å². The fourth-order valence-corrected chi connectivity index (χ4v) is 2.62. The van der Waals surface area contributed by atoms with Crippen LogP contribution in [0.4, 0.5) is 0 Å². The van der Waals surface area contributed by atoms with Gasteiger partial charge in [-0.05, 0) is 45.6 Å². The Morgan fingerprint density at radius 3 is 2.84 bits per heavy atom. The average molecular weight is 319 g/mol. The molecule has 0 saturated heterocycles. The zero-order chi connectivity index (χ0) is 13.4. The number of nitrogens with zero attached hydrogens (tertiary/aromatic N) is 2. The van der Waals surface area contributed by atoms with Crippen LogP contribution in [0, 0.1) is 0 Å². The molecule has 1 aliphatic rings. The van der Waals surface area contributed by atoms with E-state index in [4.69, 9.17) is 0 Å². The van der Waals surface area contributed by atoms with E-state index in [9.17, 15) is 9.59 Å². The van der Waals surface area contributed by atoms with Gasteiger partial charge >= 0.3 is 0 Å². The molecule has 19 heavy (non-hydrogen) atoms. The second-order valence-corrected chi connectivity index (χ2v) is 5.38. The number of hydrogen-bond acceptors (Lipinski definition) is 3. The lowest BCUT2D eigenvalue weighted by atomic mass is 10.1. The van der Waals surface area contributed by atoms with Crippen molar-refractivity contribution in [3.05, 3.63) is 62.0 Å². The Morgan fingerprint density at radius 2 is 2.00 bits per heavy atom. The molecule has 0 aliphatic heterocycles. The van der Waals surface area contributed by atoms with Crippen LogP contribution in [-0.2, 0) is 13.0 Å². The van der Waals surface area contributed by atoms with Crippen molar-refractivity contribution in [1.82, 2.24) is 9.78 Å². The molecule has 1 aromatic heterocycles. The normalized spacial score (nSPS) is 13.6. The molecular weight excluding hydrogens is 308 g/mol. The number of aryl methyl sites for hydroxylation is 1. The van der Waals surface area contributed by atoms with E-state index < -0.39 is 0 Å². The lowest BCUT2D eigenvalue weighted by Gasteiger charge is -2.06. The molecule has 1 aliphatic carbocycles. The third kappa shape index (κ3) is 2.38. The molecule has 0 N–H and O–H groups in total. The van der Waals surface area contributed by atoms with Crippen molar-refractivity contribution < 1.29 is 4.79 Å². The van der Waals surface area contributed by atoms with Gasteiger partial charge in [0.25, 0.3) is 5.56 Å². The molecule has 2 aromatic rings. The van der Waals surface area contributed by atoms with Gasteiger partial charge in [-0.15, -0.1) is 0 Å². The molecular formula is C14H11BrN2O2.